The summed E-state index contributed by atoms with van der Waals surface area (Å²) in [6.45, 7) is 5.18. The first-order chi connectivity index (χ1) is 9.51. The molecule has 0 saturated carbocycles. The second kappa shape index (κ2) is 8.49. The summed E-state index contributed by atoms with van der Waals surface area (Å²) < 4.78 is 27.3. The molecule has 2 N–H and O–H groups in total. The second-order valence-corrected chi connectivity index (χ2v) is 7.34. The van der Waals surface area contributed by atoms with Gasteiger partial charge in [-0.15, -0.1) is 0 Å². The summed E-state index contributed by atoms with van der Waals surface area (Å²) in [7, 11) is -3.52. The van der Waals surface area contributed by atoms with Crippen molar-refractivity contribution in [3.05, 3.63) is 18.3 Å². The van der Waals surface area contributed by atoms with E-state index in [1.54, 1.807) is 30.1 Å². The molecule has 1 rings (SSSR count). The molecule has 1 unspecified atom stereocenters. The number of thioether (sulfide) groups is 1. The molecular formula is C13H23N3O2S2. The van der Waals surface area contributed by atoms with Crippen molar-refractivity contribution >= 4 is 27.6 Å². The van der Waals surface area contributed by atoms with Crippen LogP contribution in [0.4, 0.5) is 5.82 Å². The van der Waals surface area contributed by atoms with Gasteiger partial charge >= 0.3 is 0 Å². The Bertz CT molecular complexity index is 506. The van der Waals surface area contributed by atoms with Crippen LogP contribution < -0.4 is 10.0 Å². The van der Waals surface area contributed by atoms with Crippen molar-refractivity contribution < 1.29 is 8.42 Å². The van der Waals surface area contributed by atoms with Crippen LogP contribution in [0.2, 0.25) is 0 Å². The predicted octanol–water partition coefficient (Wildman–Crippen LogP) is 2.18. The molecule has 20 heavy (non-hydrogen) atoms. The number of hydrogen-bond acceptors (Lipinski definition) is 5. The smallest absolute Gasteiger partial charge is 0.244 e. The van der Waals surface area contributed by atoms with Gasteiger partial charge in [0.15, 0.2) is 0 Å². The van der Waals surface area contributed by atoms with Crippen molar-refractivity contribution in [1.82, 2.24) is 9.71 Å². The predicted molar refractivity (Wildman–Crippen MR) is 85.8 cm³/mol. The Morgan fingerprint density at radius 3 is 2.85 bits per heavy atom. The summed E-state index contributed by atoms with van der Waals surface area (Å²) in [6, 6.07) is 3.21. The zero-order valence-corrected chi connectivity index (χ0v) is 13.9. The lowest BCUT2D eigenvalue weighted by molar-refractivity contribution is 0.562. The lowest BCUT2D eigenvalue weighted by Crippen LogP contribution is -2.30. The first-order valence-electron chi connectivity index (χ1n) is 6.68. The minimum atomic E-state index is -3.52. The molecule has 7 heteroatoms. The third-order valence-corrected chi connectivity index (χ3v) is 5.03. The van der Waals surface area contributed by atoms with E-state index < -0.39 is 10.0 Å². The SMILES string of the molecule is CCCNc1ncccc1S(=O)(=O)NCC(C)CSC. The highest BCUT2D eigenvalue weighted by molar-refractivity contribution is 7.98. The highest BCUT2D eigenvalue weighted by Gasteiger charge is 2.19. The molecule has 114 valence electrons. The van der Waals surface area contributed by atoms with E-state index >= 15 is 0 Å². The van der Waals surface area contributed by atoms with Crippen molar-refractivity contribution in [2.75, 3.05) is 30.4 Å². The van der Waals surface area contributed by atoms with Crippen molar-refractivity contribution in [3.8, 4) is 0 Å². The second-order valence-electron chi connectivity index (χ2n) is 4.69. The average Bonchev–Trinajstić information content (AvgIpc) is 2.44. The molecule has 0 amide bonds. The fraction of sp³-hybridized carbons (Fsp3) is 0.615. The Morgan fingerprint density at radius 2 is 2.20 bits per heavy atom. The zero-order chi connectivity index (χ0) is 15.0. The molecular weight excluding hydrogens is 294 g/mol. The van der Waals surface area contributed by atoms with Crippen LogP contribution in [-0.4, -0.2) is 38.5 Å². The number of anilines is 1. The Balaban J connectivity index is 2.81. The summed E-state index contributed by atoms with van der Waals surface area (Å²) in [6.07, 6.45) is 4.51. The van der Waals surface area contributed by atoms with Gasteiger partial charge in [0, 0.05) is 19.3 Å². The molecule has 0 radical (unpaired) electrons. The average molecular weight is 317 g/mol. The molecule has 0 spiro atoms. The number of hydrogen-bond donors (Lipinski definition) is 2. The Kier molecular flexibility index (Phi) is 7.32. The zero-order valence-electron chi connectivity index (χ0n) is 12.2. The molecule has 0 aliphatic heterocycles. The minimum Gasteiger partial charge on any atom is -0.369 e. The molecule has 0 aromatic carbocycles. The molecule has 1 aromatic rings. The molecule has 5 nitrogen and oxygen atoms in total. The Labute approximate surface area is 126 Å². The van der Waals surface area contributed by atoms with Gasteiger partial charge in [0.05, 0.1) is 0 Å². The molecule has 1 aromatic heterocycles. The van der Waals surface area contributed by atoms with Gasteiger partial charge in [0.1, 0.15) is 10.7 Å². The van der Waals surface area contributed by atoms with Crippen LogP contribution in [0.3, 0.4) is 0 Å². The van der Waals surface area contributed by atoms with Gasteiger partial charge < -0.3 is 5.32 Å². The van der Waals surface area contributed by atoms with E-state index in [0.717, 1.165) is 12.2 Å². The maximum atomic E-state index is 12.3. The Morgan fingerprint density at radius 1 is 1.45 bits per heavy atom. The van der Waals surface area contributed by atoms with Crippen LogP contribution in [0.15, 0.2) is 23.2 Å². The number of nitrogens with zero attached hydrogens (tertiary/aromatic N) is 1. The quantitative estimate of drug-likeness (QED) is 0.730. The maximum absolute atomic E-state index is 12.3. The molecule has 1 heterocycles. The fourth-order valence-corrected chi connectivity index (χ4v) is 3.64. The summed E-state index contributed by atoms with van der Waals surface area (Å²) in [4.78, 5) is 4.32. The molecule has 0 bridgehead atoms. The molecule has 1 atom stereocenters. The van der Waals surface area contributed by atoms with Gasteiger partial charge in [-0.05, 0) is 36.5 Å². The number of aromatic nitrogens is 1. The highest BCUT2D eigenvalue weighted by atomic mass is 32.2. The standard InChI is InChI=1S/C13H23N3O2S2/c1-4-7-14-13-12(6-5-8-15-13)20(17,18)16-9-11(2)10-19-3/h5-6,8,11,16H,4,7,9-10H2,1-3H3,(H,14,15). The lowest BCUT2D eigenvalue weighted by Gasteiger charge is -2.14. The molecule has 0 aliphatic carbocycles. The van der Waals surface area contributed by atoms with E-state index in [1.807, 2.05) is 20.1 Å². The van der Waals surface area contributed by atoms with Gasteiger partial charge in [-0.2, -0.15) is 11.8 Å². The van der Waals surface area contributed by atoms with E-state index in [4.69, 9.17) is 0 Å². The monoisotopic (exact) mass is 317 g/mol. The van der Waals surface area contributed by atoms with Crippen LogP contribution in [0.25, 0.3) is 0 Å². The van der Waals surface area contributed by atoms with Crippen molar-refractivity contribution in [2.24, 2.45) is 5.92 Å². The van der Waals surface area contributed by atoms with Gasteiger partial charge in [0.25, 0.3) is 0 Å². The number of pyridine rings is 1. The fourth-order valence-electron chi connectivity index (χ4n) is 1.66. The van der Waals surface area contributed by atoms with Crippen molar-refractivity contribution in [1.29, 1.82) is 0 Å². The Hall–Kier alpha value is -0.790. The van der Waals surface area contributed by atoms with E-state index in [2.05, 4.69) is 15.0 Å². The van der Waals surface area contributed by atoms with E-state index in [0.29, 0.717) is 24.8 Å². The van der Waals surface area contributed by atoms with Gasteiger partial charge in [-0.25, -0.2) is 18.1 Å². The summed E-state index contributed by atoms with van der Waals surface area (Å²) in [5.41, 5.74) is 0. The van der Waals surface area contributed by atoms with E-state index in [9.17, 15) is 8.42 Å². The summed E-state index contributed by atoms with van der Waals surface area (Å²) in [5, 5.41) is 3.05. The van der Waals surface area contributed by atoms with Crippen molar-refractivity contribution in [3.63, 3.8) is 0 Å². The number of rotatable bonds is 9. The van der Waals surface area contributed by atoms with Crippen LogP contribution in [0, 0.1) is 5.92 Å². The van der Waals surface area contributed by atoms with Crippen LogP contribution in [0.1, 0.15) is 20.3 Å². The number of sulfonamides is 1. The summed E-state index contributed by atoms with van der Waals surface area (Å²) in [5.74, 6) is 1.64. The highest BCUT2D eigenvalue weighted by Crippen LogP contribution is 2.18. The van der Waals surface area contributed by atoms with E-state index in [1.165, 1.54) is 0 Å². The summed E-state index contributed by atoms with van der Waals surface area (Å²) >= 11 is 1.71. The first kappa shape index (κ1) is 17.3. The first-order valence-corrected chi connectivity index (χ1v) is 9.56. The molecule has 0 aliphatic rings. The lowest BCUT2D eigenvalue weighted by atomic mass is 10.2. The van der Waals surface area contributed by atoms with E-state index in [-0.39, 0.29) is 4.90 Å². The van der Waals surface area contributed by atoms with Gasteiger partial charge in [0.2, 0.25) is 10.0 Å². The minimum absolute atomic E-state index is 0.213. The maximum Gasteiger partial charge on any atom is 0.244 e. The van der Waals surface area contributed by atoms with Crippen LogP contribution in [-0.2, 0) is 10.0 Å². The van der Waals surface area contributed by atoms with Crippen molar-refractivity contribution in [2.45, 2.75) is 25.2 Å². The van der Waals surface area contributed by atoms with Crippen LogP contribution >= 0.6 is 11.8 Å². The molecule has 0 fully saturated rings. The topological polar surface area (TPSA) is 71.1 Å². The van der Waals surface area contributed by atoms with Crippen LogP contribution in [0.5, 0.6) is 0 Å². The third-order valence-electron chi connectivity index (χ3n) is 2.68. The third kappa shape index (κ3) is 5.30. The number of nitrogens with one attached hydrogen (secondary N) is 2. The normalized spacial score (nSPS) is 13.2. The van der Waals surface area contributed by atoms with Gasteiger partial charge in [-0.3, -0.25) is 0 Å². The molecule has 0 saturated heterocycles. The van der Waals surface area contributed by atoms with Gasteiger partial charge in [-0.1, -0.05) is 13.8 Å². The largest absolute Gasteiger partial charge is 0.369 e.